The molecule has 0 spiro atoms. The second kappa shape index (κ2) is 78.5. The number of aliphatic hydroxyl groups is 2. The van der Waals surface area contributed by atoms with Gasteiger partial charge < -0.3 is 20.3 Å². The number of unbranched alkanes of at least 4 members (excludes halogenated alkanes) is 60. The second-order valence-corrected chi connectivity index (χ2v) is 28.1. The molecule has 6 heteroatoms. The maximum atomic E-state index is 12.6. The second-order valence-electron chi connectivity index (χ2n) is 28.1. The van der Waals surface area contributed by atoms with Crippen LogP contribution in [-0.2, 0) is 14.3 Å². The van der Waals surface area contributed by atoms with Gasteiger partial charge in [0.2, 0.25) is 5.91 Å². The van der Waals surface area contributed by atoms with E-state index in [1.807, 2.05) is 0 Å². The number of hydrogen-bond donors (Lipinski definition) is 3. The molecule has 526 valence electrons. The van der Waals surface area contributed by atoms with Crippen LogP contribution in [0.1, 0.15) is 457 Å². The lowest BCUT2D eigenvalue weighted by Crippen LogP contribution is -2.45. The van der Waals surface area contributed by atoms with E-state index in [9.17, 15) is 19.8 Å². The van der Waals surface area contributed by atoms with Crippen molar-refractivity contribution in [2.45, 2.75) is 469 Å². The molecule has 0 fully saturated rings. The van der Waals surface area contributed by atoms with Crippen molar-refractivity contribution in [3.05, 3.63) is 36.5 Å². The zero-order chi connectivity index (χ0) is 64.2. The van der Waals surface area contributed by atoms with Crippen molar-refractivity contribution >= 4 is 11.9 Å². The molecule has 0 bridgehead atoms. The van der Waals surface area contributed by atoms with Crippen molar-refractivity contribution in [3.8, 4) is 0 Å². The molecule has 3 N–H and O–H groups in total. The number of carbonyl (C=O) groups excluding carboxylic acids is 2. The Balaban J connectivity index is 3.35. The first kappa shape index (κ1) is 87.1. The first-order valence-electron chi connectivity index (χ1n) is 40.7. The number of carbonyl (C=O) groups is 2. The predicted octanol–water partition coefficient (Wildman–Crippen LogP) is 27.0. The minimum absolute atomic E-state index is 0.0153. The zero-order valence-electron chi connectivity index (χ0n) is 60.4. The van der Waals surface area contributed by atoms with E-state index in [4.69, 9.17) is 4.74 Å². The highest BCUT2D eigenvalue weighted by atomic mass is 16.5. The third kappa shape index (κ3) is 75.0. The fraction of sp³-hybridized carbons (Fsp3) is 0.904. The molecule has 0 aromatic heterocycles. The lowest BCUT2D eigenvalue weighted by atomic mass is 10.0. The average molecular weight is 1250 g/mol. The Morgan fingerprint density at radius 2 is 0.562 bits per heavy atom. The van der Waals surface area contributed by atoms with E-state index < -0.39 is 12.1 Å². The molecular weight excluding hydrogens is 1090 g/mol. The Morgan fingerprint density at radius 3 is 0.888 bits per heavy atom. The molecule has 0 saturated heterocycles. The van der Waals surface area contributed by atoms with E-state index in [0.29, 0.717) is 25.9 Å². The van der Waals surface area contributed by atoms with Crippen LogP contribution < -0.4 is 5.32 Å². The van der Waals surface area contributed by atoms with Crippen molar-refractivity contribution in [2.24, 2.45) is 0 Å². The number of ether oxygens (including phenoxy) is 1. The summed E-state index contributed by atoms with van der Waals surface area (Å²) < 4.78 is 5.51. The maximum absolute atomic E-state index is 12.6. The lowest BCUT2D eigenvalue weighted by Gasteiger charge is -2.22. The number of allylic oxidation sites excluding steroid dienone is 6. The third-order valence-corrected chi connectivity index (χ3v) is 19.2. The van der Waals surface area contributed by atoms with Crippen molar-refractivity contribution in [3.63, 3.8) is 0 Å². The molecule has 2 unspecified atom stereocenters. The number of amides is 1. The van der Waals surface area contributed by atoms with Gasteiger partial charge in [0.25, 0.3) is 0 Å². The van der Waals surface area contributed by atoms with E-state index in [0.717, 1.165) is 51.4 Å². The minimum atomic E-state index is -0.664. The molecule has 1 amide bonds. The summed E-state index contributed by atoms with van der Waals surface area (Å²) in [6.07, 6.45) is 102. The summed E-state index contributed by atoms with van der Waals surface area (Å²) in [6, 6.07) is -0.541. The van der Waals surface area contributed by atoms with Gasteiger partial charge in [-0.2, -0.15) is 0 Å². The van der Waals surface area contributed by atoms with Gasteiger partial charge in [0, 0.05) is 12.8 Å². The van der Waals surface area contributed by atoms with Crippen LogP contribution in [0.25, 0.3) is 0 Å². The van der Waals surface area contributed by atoms with E-state index in [1.54, 1.807) is 0 Å². The average Bonchev–Trinajstić information content (AvgIpc) is 3.60. The normalized spacial score (nSPS) is 12.6. The number of rotatable bonds is 77. The van der Waals surface area contributed by atoms with Crippen LogP contribution in [0.2, 0.25) is 0 Å². The van der Waals surface area contributed by atoms with Crippen LogP contribution >= 0.6 is 0 Å². The largest absolute Gasteiger partial charge is 0.466 e. The van der Waals surface area contributed by atoms with Gasteiger partial charge in [-0.15, -0.1) is 0 Å². The van der Waals surface area contributed by atoms with Crippen LogP contribution in [0.3, 0.4) is 0 Å². The molecule has 6 nitrogen and oxygen atoms in total. The summed E-state index contributed by atoms with van der Waals surface area (Å²) in [5, 5.41) is 23.5. The van der Waals surface area contributed by atoms with Crippen LogP contribution in [-0.4, -0.2) is 47.4 Å². The molecule has 0 aromatic rings. The highest BCUT2D eigenvalue weighted by Gasteiger charge is 2.20. The van der Waals surface area contributed by atoms with Gasteiger partial charge in [0.15, 0.2) is 0 Å². The molecule has 89 heavy (non-hydrogen) atoms. The third-order valence-electron chi connectivity index (χ3n) is 19.2. The fourth-order valence-corrected chi connectivity index (χ4v) is 13.0. The summed E-state index contributed by atoms with van der Waals surface area (Å²) in [5.41, 5.74) is 0. The molecule has 0 radical (unpaired) electrons. The zero-order valence-corrected chi connectivity index (χ0v) is 60.4. The van der Waals surface area contributed by atoms with Crippen molar-refractivity contribution in [2.75, 3.05) is 13.2 Å². The van der Waals surface area contributed by atoms with Crippen molar-refractivity contribution < 1.29 is 24.5 Å². The van der Waals surface area contributed by atoms with Gasteiger partial charge in [-0.25, -0.2) is 0 Å². The summed E-state index contributed by atoms with van der Waals surface area (Å²) in [6.45, 7) is 4.98. The van der Waals surface area contributed by atoms with E-state index in [-0.39, 0.29) is 18.5 Å². The van der Waals surface area contributed by atoms with Crippen LogP contribution in [0.5, 0.6) is 0 Å². The summed E-state index contributed by atoms with van der Waals surface area (Å²) in [4.78, 5) is 24.7. The van der Waals surface area contributed by atoms with Gasteiger partial charge in [-0.3, -0.25) is 9.59 Å². The number of esters is 1. The molecule has 0 aliphatic carbocycles. The smallest absolute Gasteiger partial charge is 0.305 e. The van der Waals surface area contributed by atoms with E-state index in [2.05, 4.69) is 55.6 Å². The van der Waals surface area contributed by atoms with Crippen molar-refractivity contribution in [1.82, 2.24) is 5.32 Å². The van der Waals surface area contributed by atoms with E-state index >= 15 is 0 Å². The Kier molecular flexibility index (Phi) is 76.8. The molecule has 0 saturated carbocycles. The number of nitrogens with one attached hydrogen (secondary N) is 1. The molecule has 0 aliphatic rings. The quantitative estimate of drug-likeness (QED) is 0.0320. The Hall–Kier alpha value is -1.92. The monoisotopic (exact) mass is 1250 g/mol. The Bertz CT molecular complexity index is 1440. The number of hydrogen-bond acceptors (Lipinski definition) is 5. The SMILES string of the molecule is CCCCC/C=C\C/C=C\CCCCCCCCCCCC(=O)OCCCCCCCCCCCCCC/C=C\CCCCCCCCCCCCCCCCCCC(=O)NC(CO)C(O)CCCCCCCCCCCCCCCCCCCCCCC. The van der Waals surface area contributed by atoms with Gasteiger partial charge in [-0.1, -0.05) is 397 Å². The molecule has 0 rings (SSSR count). The Labute approximate surface area is 557 Å². The highest BCUT2D eigenvalue weighted by Crippen LogP contribution is 2.20. The molecule has 0 heterocycles. The van der Waals surface area contributed by atoms with Crippen LogP contribution in [0, 0.1) is 0 Å². The highest BCUT2D eigenvalue weighted by molar-refractivity contribution is 5.76. The number of aliphatic hydroxyl groups excluding tert-OH is 2. The summed E-state index contributed by atoms with van der Waals surface area (Å²) in [7, 11) is 0. The van der Waals surface area contributed by atoms with Crippen LogP contribution in [0.4, 0.5) is 0 Å². The van der Waals surface area contributed by atoms with Gasteiger partial charge in [0.1, 0.15) is 0 Å². The molecule has 2 atom stereocenters. The topological polar surface area (TPSA) is 95.9 Å². The van der Waals surface area contributed by atoms with E-state index in [1.165, 1.54) is 372 Å². The summed E-state index contributed by atoms with van der Waals surface area (Å²) in [5.74, 6) is -0.0120. The maximum Gasteiger partial charge on any atom is 0.305 e. The van der Waals surface area contributed by atoms with Crippen molar-refractivity contribution in [1.29, 1.82) is 0 Å². The predicted molar refractivity (Wildman–Crippen MR) is 393 cm³/mol. The standard InChI is InChI=1S/C83H159NO5/c1-3-5-7-9-11-13-15-17-19-21-23-36-40-43-47-51-55-59-63-67-71-75-81(86)80(79-85)84-82(87)76-72-68-64-60-56-52-48-44-41-37-34-32-30-28-26-24-25-27-29-31-33-35-38-42-46-50-54-58-62-66-70-74-78-89-83(88)77-73-69-65-61-57-53-49-45-39-22-20-18-16-14-12-10-8-6-4-2/h12,14,18,20,27,29,80-81,85-86H,3-11,13,15-17,19,21-26,28,30-79H2,1-2H3,(H,84,87)/b14-12-,20-18-,29-27-. The molecule has 0 aliphatic heterocycles. The lowest BCUT2D eigenvalue weighted by molar-refractivity contribution is -0.143. The van der Waals surface area contributed by atoms with Gasteiger partial charge in [0.05, 0.1) is 25.4 Å². The molecular formula is C83H159NO5. The fourth-order valence-electron chi connectivity index (χ4n) is 13.0. The van der Waals surface area contributed by atoms with Gasteiger partial charge >= 0.3 is 5.97 Å². The van der Waals surface area contributed by atoms with Gasteiger partial charge in [-0.05, 0) is 83.5 Å². The Morgan fingerprint density at radius 1 is 0.315 bits per heavy atom. The van der Waals surface area contributed by atoms with Crippen LogP contribution in [0.15, 0.2) is 36.5 Å². The first-order valence-corrected chi connectivity index (χ1v) is 40.7. The first-order chi connectivity index (χ1) is 44.0. The molecule has 0 aromatic carbocycles. The summed E-state index contributed by atoms with van der Waals surface area (Å²) >= 11 is 0. The minimum Gasteiger partial charge on any atom is -0.466 e.